The first-order valence-electron chi connectivity index (χ1n) is 7.92. The highest BCUT2D eigenvalue weighted by molar-refractivity contribution is 7.19. The fourth-order valence-corrected chi connectivity index (χ4v) is 3.56. The van der Waals surface area contributed by atoms with E-state index in [0.717, 1.165) is 32.6 Å². The van der Waals surface area contributed by atoms with Crippen molar-refractivity contribution in [1.82, 2.24) is 19.8 Å². The van der Waals surface area contributed by atoms with Crippen molar-refractivity contribution in [3.63, 3.8) is 0 Å². The Labute approximate surface area is 158 Å². The van der Waals surface area contributed by atoms with Gasteiger partial charge in [0.1, 0.15) is 5.01 Å². The first-order chi connectivity index (χ1) is 12.6. The van der Waals surface area contributed by atoms with Crippen molar-refractivity contribution in [2.75, 3.05) is 5.32 Å². The molecule has 2 aromatic carbocycles. The fraction of sp³-hybridized carbons (Fsp3) is 0.111. The number of halogens is 1. The Morgan fingerprint density at radius 2 is 2.00 bits per heavy atom. The van der Waals surface area contributed by atoms with E-state index in [1.807, 2.05) is 43.3 Å². The van der Waals surface area contributed by atoms with Crippen LogP contribution >= 0.6 is 22.9 Å². The number of benzene rings is 2. The van der Waals surface area contributed by atoms with Crippen molar-refractivity contribution in [2.24, 2.45) is 0 Å². The molecule has 130 valence electrons. The van der Waals surface area contributed by atoms with Crippen LogP contribution in [-0.2, 0) is 11.2 Å². The second-order valence-electron chi connectivity index (χ2n) is 5.78. The molecule has 1 N–H and O–H groups in total. The van der Waals surface area contributed by atoms with Gasteiger partial charge in [-0.25, -0.2) is 0 Å². The zero-order valence-corrected chi connectivity index (χ0v) is 15.4. The smallest absolute Gasteiger partial charge is 0.234 e. The van der Waals surface area contributed by atoms with Crippen molar-refractivity contribution in [3.8, 4) is 10.6 Å². The highest BCUT2D eigenvalue weighted by Crippen LogP contribution is 2.27. The zero-order valence-electron chi connectivity index (χ0n) is 13.8. The Bertz CT molecular complexity index is 1090. The number of fused-ring (bicyclic) bond motifs is 1. The van der Waals surface area contributed by atoms with Crippen LogP contribution in [0.25, 0.3) is 15.5 Å². The van der Waals surface area contributed by atoms with Crippen molar-refractivity contribution in [3.05, 3.63) is 64.9 Å². The largest absolute Gasteiger partial charge is 0.326 e. The molecule has 2 heterocycles. The van der Waals surface area contributed by atoms with Crippen LogP contribution in [0.2, 0.25) is 5.02 Å². The third-order valence-electron chi connectivity index (χ3n) is 3.82. The molecule has 0 aliphatic rings. The Hall–Kier alpha value is -2.77. The van der Waals surface area contributed by atoms with Crippen LogP contribution in [0, 0.1) is 6.92 Å². The van der Waals surface area contributed by atoms with Gasteiger partial charge in [-0.2, -0.15) is 9.61 Å². The van der Waals surface area contributed by atoms with Gasteiger partial charge < -0.3 is 5.32 Å². The zero-order chi connectivity index (χ0) is 18.1. The van der Waals surface area contributed by atoms with E-state index in [9.17, 15) is 4.79 Å². The van der Waals surface area contributed by atoms with E-state index >= 15 is 0 Å². The number of carbonyl (C=O) groups excluding carboxylic acids is 1. The summed E-state index contributed by atoms with van der Waals surface area (Å²) < 4.78 is 1.71. The molecule has 0 aliphatic carbocycles. The summed E-state index contributed by atoms with van der Waals surface area (Å²) in [5.41, 5.74) is 2.56. The van der Waals surface area contributed by atoms with E-state index in [0.29, 0.717) is 5.02 Å². The van der Waals surface area contributed by atoms with Crippen LogP contribution in [0.5, 0.6) is 0 Å². The first-order valence-corrected chi connectivity index (χ1v) is 9.11. The molecular formula is C18H14ClN5OS. The molecule has 4 rings (SSSR count). The summed E-state index contributed by atoms with van der Waals surface area (Å²) in [7, 11) is 0. The van der Waals surface area contributed by atoms with Crippen LogP contribution < -0.4 is 5.32 Å². The summed E-state index contributed by atoms with van der Waals surface area (Å²) in [4.78, 5) is 13.0. The van der Waals surface area contributed by atoms with E-state index in [2.05, 4.69) is 20.6 Å². The SMILES string of the molecule is Cc1nnc2sc(-c3cccc(NC(=O)Cc4ccc(Cl)cc4)c3)nn12. The lowest BCUT2D eigenvalue weighted by molar-refractivity contribution is -0.115. The maximum atomic E-state index is 12.3. The van der Waals surface area contributed by atoms with Crippen LogP contribution in [0.15, 0.2) is 48.5 Å². The van der Waals surface area contributed by atoms with E-state index in [1.165, 1.54) is 11.3 Å². The lowest BCUT2D eigenvalue weighted by atomic mass is 10.1. The summed E-state index contributed by atoms with van der Waals surface area (Å²) in [5.74, 6) is 0.661. The average Bonchev–Trinajstić information content (AvgIpc) is 3.20. The molecule has 0 radical (unpaired) electrons. The van der Waals surface area contributed by atoms with Gasteiger partial charge in [0.2, 0.25) is 10.9 Å². The molecule has 0 fully saturated rings. The maximum Gasteiger partial charge on any atom is 0.234 e. The fourth-order valence-electron chi connectivity index (χ4n) is 2.55. The Kier molecular flexibility index (Phi) is 4.40. The Morgan fingerprint density at radius 3 is 2.77 bits per heavy atom. The third-order valence-corrected chi connectivity index (χ3v) is 5.02. The van der Waals surface area contributed by atoms with Crippen molar-refractivity contribution >= 4 is 39.5 Å². The lowest BCUT2D eigenvalue weighted by Crippen LogP contribution is -2.14. The van der Waals surface area contributed by atoms with Gasteiger partial charge in [0.05, 0.1) is 6.42 Å². The molecule has 26 heavy (non-hydrogen) atoms. The molecule has 0 spiro atoms. The maximum absolute atomic E-state index is 12.3. The molecule has 0 atom stereocenters. The second-order valence-corrected chi connectivity index (χ2v) is 7.17. The van der Waals surface area contributed by atoms with Crippen LogP contribution in [0.4, 0.5) is 5.69 Å². The molecule has 0 unspecified atom stereocenters. The highest BCUT2D eigenvalue weighted by atomic mass is 35.5. The predicted molar refractivity (Wildman–Crippen MR) is 103 cm³/mol. The average molecular weight is 384 g/mol. The van der Waals surface area contributed by atoms with E-state index < -0.39 is 0 Å². The summed E-state index contributed by atoms with van der Waals surface area (Å²) in [6, 6.07) is 14.9. The topological polar surface area (TPSA) is 72.2 Å². The summed E-state index contributed by atoms with van der Waals surface area (Å²) >= 11 is 7.32. The van der Waals surface area contributed by atoms with Gasteiger partial charge in [-0.15, -0.1) is 10.2 Å². The van der Waals surface area contributed by atoms with Crippen molar-refractivity contribution in [2.45, 2.75) is 13.3 Å². The Morgan fingerprint density at radius 1 is 1.19 bits per heavy atom. The first kappa shape index (κ1) is 16.7. The van der Waals surface area contributed by atoms with Crippen LogP contribution in [0.1, 0.15) is 11.4 Å². The number of aromatic nitrogens is 4. The molecule has 2 aromatic heterocycles. The third kappa shape index (κ3) is 3.44. The number of nitrogens with one attached hydrogen (secondary N) is 1. The van der Waals surface area contributed by atoms with Crippen LogP contribution in [-0.4, -0.2) is 25.7 Å². The van der Waals surface area contributed by atoms with Gasteiger partial charge in [0.15, 0.2) is 5.82 Å². The molecule has 1 amide bonds. The standard InChI is InChI=1S/C18H14ClN5OS/c1-11-21-22-18-24(11)23-17(26-18)13-3-2-4-15(10-13)20-16(25)9-12-5-7-14(19)8-6-12/h2-8,10H,9H2,1H3,(H,20,25). The van der Waals surface area contributed by atoms with E-state index in [-0.39, 0.29) is 12.3 Å². The number of hydrogen-bond donors (Lipinski definition) is 1. The molecule has 6 nitrogen and oxygen atoms in total. The Balaban J connectivity index is 1.51. The lowest BCUT2D eigenvalue weighted by Gasteiger charge is -2.07. The quantitative estimate of drug-likeness (QED) is 0.578. The summed E-state index contributed by atoms with van der Waals surface area (Å²) in [6.07, 6.45) is 0.289. The highest BCUT2D eigenvalue weighted by Gasteiger charge is 2.11. The van der Waals surface area contributed by atoms with Gasteiger partial charge in [0.25, 0.3) is 0 Å². The van der Waals surface area contributed by atoms with E-state index in [4.69, 9.17) is 11.6 Å². The molecule has 4 aromatic rings. The van der Waals surface area contributed by atoms with Crippen molar-refractivity contribution < 1.29 is 4.79 Å². The summed E-state index contributed by atoms with van der Waals surface area (Å²) in [6.45, 7) is 1.86. The number of hydrogen-bond acceptors (Lipinski definition) is 5. The molecular weight excluding hydrogens is 370 g/mol. The molecule has 0 saturated carbocycles. The number of anilines is 1. The molecule has 8 heteroatoms. The number of carbonyl (C=O) groups is 1. The number of amides is 1. The molecule has 0 aliphatic heterocycles. The number of aryl methyl sites for hydroxylation is 1. The second kappa shape index (κ2) is 6.86. The van der Waals surface area contributed by atoms with Gasteiger partial charge >= 0.3 is 0 Å². The monoisotopic (exact) mass is 383 g/mol. The van der Waals surface area contributed by atoms with Gasteiger partial charge in [-0.05, 0) is 36.8 Å². The number of nitrogens with zero attached hydrogens (tertiary/aromatic N) is 4. The van der Waals surface area contributed by atoms with Gasteiger partial charge in [-0.3, -0.25) is 4.79 Å². The number of rotatable bonds is 4. The van der Waals surface area contributed by atoms with E-state index in [1.54, 1.807) is 16.6 Å². The van der Waals surface area contributed by atoms with Crippen molar-refractivity contribution in [1.29, 1.82) is 0 Å². The molecule has 0 saturated heterocycles. The van der Waals surface area contributed by atoms with Gasteiger partial charge in [0, 0.05) is 16.3 Å². The predicted octanol–water partition coefficient (Wildman–Crippen LogP) is 4.00. The molecule has 0 bridgehead atoms. The minimum absolute atomic E-state index is 0.0848. The van der Waals surface area contributed by atoms with Gasteiger partial charge in [-0.1, -0.05) is 47.2 Å². The summed E-state index contributed by atoms with van der Waals surface area (Å²) in [5, 5.41) is 17.0. The van der Waals surface area contributed by atoms with Crippen LogP contribution in [0.3, 0.4) is 0 Å². The minimum atomic E-state index is -0.0848. The normalized spacial score (nSPS) is 11.0. The minimum Gasteiger partial charge on any atom is -0.326 e.